The molecule has 3 nitrogen and oxygen atoms in total. The average molecular weight is 571 g/mol. The zero-order valence-corrected chi connectivity index (χ0v) is 24.9. The highest BCUT2D eigenvalue weighted by atomic mass is 16.5. The largest absolute Gasteiger partial charge is 0.501 e. The van der Waals surface area contributed by atoms with Crippen molar-refractivity contribution in [1.29, 1.82) is 0 Å². The maximum Gasteiger partial charge on any atom is 0.136 e. The van der Waals surface area contributed by atoms with Gasteiger partial charge in [-0.15, -0.1) is 0 Å². The molecular formula is C41H30O3. The summed E-state index contributed by atoms with van der Waals surface area (Å²) in [5.74, 6) is 0.837. The fourth-order valence-corrected chi connectivity index (χ4v) is 6.35. The molecule has 2 heterocycles. The summed E-state index contributed by atoms with van der Waals surface area (Å²) in [6, 6.07) is 34.7. The molecule has 0 spiro atoms. The Balaban J connectivity index is 1.28. The number of rotatable bonds is 5. The first-order valence-corrected chi connectivity index (χ1v) is 14.8. The highest BCUT2D eigenvalue weighted by molar-refractivity contribution is 6.18. The molecule has 0 radical (unpaired) electrons. The van der Waals surface area contributed by atoms with Crippen molar-refractivity contribution >= 4 is 71.0 Å². The van der Waals surface area contributed by atoms with Crippen LogP contribution in [-0.2, 0) is 4.74 Å². The molecule has 0 saturated heterocycles. The summed E-state index contributed by atoms with van der Waals surface area (Å²) in [5, 5.41) is 8.86. The molecule has 0 aliphatic carbocycles. The van der Waals surface area contributed by atoms with Crippen LogP contribution >= 0.6 is 0 Å². The molecule has 0 aliphatic rings. The molecular weight excluding hydrogens is 540 g/mol. The molecule has 0 atom stereocenters. The Labute approximate surface area is 254 Å². The fourth-order valence-electron chi connectivity index (χ4n) is 6.35. The molecule has 0 saturated carbocycles. The molecule has 0 fully saturated rings. The average Bonchev–Trinajstić information content (AvgIpc) is 3.56. The van der Waals surface area contributed by atoms with Crippen LogP contribution in [0.3, 0.4) is 0 Å². The molecule has 8 rings (SSSR count). The minimum Gasteiger partial charge on any atom is -0.501 e. The highest BCUT2D eigenvalue weighted by Crippen LogP contribution is 2.40. The number of hydrogen-bond acceptors (Lipinski definition) is 3. The SMILES string of the molecule is C=C/C=C(\C=C(/C)OC)c1ccc2cc3oc4cc5c(cc4c3cc2c1)oc1cc2ccc(-c3cccc(C)c3)cc2cc15. The van der Waals surface area contributed by atoms with Gasteiger partial charge in [0.05, 0.1) is 12.9 Å². The molecule has 0 unspecified atom stereocenters. The summed E-state index contributed by atoms with van der Waals surface area (Å²) in [5.41, 5.74) is 9.28. The molecule has 0 N–H and O–H groups in total. The Morgan fingerprint density at radius 3 is 1.86 bits per heavy atom. The monoisotopic (exact) mass is 570 g/mol. The first-order valence-electron chi connectivity index (χ1n) is 14.8. The zero-order chi connectivity index (χ0) is 29.9. The number of allylic oxidation sites excluding steroid dienone is 5. The van der Waals surface area contributed by atoms with Crippen molar-refractivity contribution in [2.75, 3.05) is 7.11 Å². The van der Waals surface area contributed by atoms with E-state index in [0.29, 0.717) is 0 Å². The Morgan fingerprint density at radius 2 is 1.23 bits per heavy atom. The molecule has 212 valence electrons. The van der Waals surface area contributed by atoms with Crippen LogP contribution in [-0.4, -0.2) is 7.11 Å². The van der Waals surface area contributed by atoms with Gasteiger partial charge in [-0.2, -0.15) is 0 Å². The molecule has 0 aliphatic heterocycles. The van der Waals surface area contributed by atoms with Gasteiger partial charge >= 0.3 is 0 Å². The fraction of sp³-hybridized carbons (Fsp3) is 0.0732. The van der Waals surface area contributed by atoms with Gasteiger partial charge in [-0.1, -0.05) is 72.8 Å². The van der Waals surface area contributed by atoms with Crippen LogP contribution in [0.15, 0.2) is 136 Å². The Bertz CT molecular complexity index is 2520. The lowest BCUT2D eigenvalue weighted by molar-refractivity contribution is 0.294. The number of furan rings is 2. The summed E-state index contributed by atoms with van der Waals surface area (Å²) in [4.78, 5) is 0. The minimum absolute atomic E-state index is 0.837. The third-order valence-corrected chi connectivity index (χ3v) is 8.64. The van der Waals surface area contributed by atoms with Crippen LogP contribution in [0.2, 0.25) is 0 Å². The maximum atomic E-state index is 6.45. The summed E-state index contributed by atoms with van der Waals surface area (Å²) in [6.07, 6.45) is 5.83. The van der Waals surface area contributed by atoms with Crippen molar-refractivity contribution in [1.82, 2.24) is 0 Å². The normalized spacial score (nSPS) is 12.8. The van der Waals surface area contributed by atoms with Gasteiger partial charge in [0.15, 0.2) is 0 Å². The first-order chi connectivity index (χ1) is 21.5. The molecule has 44 heavy (non-hydrogen) atoms. The predicted octanol–water partition coefficient (Wildman–Crippen LogP) is 11.9. The van der Waals surface area contributed by atoms with Crippen LogP contribution in [0.5, 0.6) is 0 Å². The lowest BCUT2D eigenvalue weighted by Gasteiger charge is -2.07. The number of hydrogen-bond donors (Lipinski definition) is 0. The van der Waals surface area contributed by atoms with Gasteiger partial charge < -0.3 is 13.6 Å². The van der Waals surface area contributed by atoms with Gasteiger partial charge in [-0.3, -0.25) is 0 Å². The zero-order valence-electron chi connectivity index (χ0n) is 24.9. The van der Waals surface area contributed by atoms with Crippen LogP contribution < -0.4 is 0 Å². The third kappa shape index (κ3) is 4.28. The van der Waals surface area contributed by atoms with Crippen molar-refractivity contribution in [3.8, 4) is 11.1 Å². The van der Waals surface area contributed by atoms with Crippen molar-refractivity contribution in [2.24, 2.45) is 0 Å². The predicted molar refractivity (Wildman–Crippen MR) is 185 cm³/mol. The lowest BCUT2D eigenvalue weighted by atomic mass is 9.98. The first kappa shape index (κ1) is 26.1. The molecule has 0 bridgehead atoms. The molecule has 3 heteroatoms. The van der Waals surface area contributed by atoms with E-state index in [1.165, 1.54) is 22.1 Å². The highest BCUT2D eigenvalue weighted by Gasteiger charge is 2.15. The van der Waals surface area contributed by atoms with E-state index >= 15 is 0 Å². The van der Waals surface area contributed by atoms with E-state index < -0.39 is 0 Å². The van der Waals surface area contributed by atoms with E-state index in [1.807, 2.05) is 19.1 Å². The molecule has 6 aromatic carbocycles. The number of aryl methyl sites for hydroxylation is 1. The van der Waals surface area contributed by atoms with Crippen LogP contribution in [0.4, 0.5) is 0 Å². The Kier molecular flexibility index (Phi) is 5.95. The van der Waals surface area contributed by atoms with Crippen LogP contribution in [0, 0.1) is 6.92 Å². The van der Waals surface area contributed by atoms with E-state index in [2.05, 4.69) is 111 Å². The number of benzene rings is 6. The number of ether oxygens (including phenoxy) is 1. The van der Waals surface area contributed by atoms with Gasteiger partial charge in [0, 0.05) is 21.5 Å². The molecule has 2 aromatic heterocycles. The van der Waals surface area contributed by atoms with E-state index in [0.717, 1.165) is 76.9 Å². The maximum absolute atomic E-state index is 6.45. The summed E-state index contributed by atoms with van der Waals surface area (Å²) in [6.45, 7) is 7.97. The summed E-state index contributed by atoms with van der Waals surface area (Å²) in [7, 11) is 1.68. The molecule has 0 amide bonds. The van der Waals surface area contributed by atoms with E-state index in [-0.39, 0.29) is 0 Å². The topological polar surface area (TPSA) is 35.5 Å². The van der Waals surface area contributed by atoms with Crippen LogP contribution in [0.25, 0.3) is 82.1 Å². The Morgan fingerprint density at radius 1 is 0.636 bits per heavy atom. The van der Waals surface area contributed by atoms with Gasteiger partial charge in [-0.25, -0.2) is 0 Å². The second-order valence-corrected chi connectivity index (χ2v) is 11.6. The standard InChI is InChI=1S/C41H30O3/c1-5-7-26(15-25(3)42-4)28-10-12-30-20-38-34(18-32(30)16-28)36-22-41-37(23-40(36)43-38)35-19-33-17-29(27-9-6-8-24(2)14-27)11-13-31(33)21-39(35)44-41/h5-23H,1H2,2-4H3/b25-15+,26-7+. The van der Waals surface area contributed by atoms with E-state index in [1.54, 1.807) is 13.2 Å². The van der Waals surface area contributed by atoms with Crippen LogP contribution in [0.1, 0.15) is 18.1 Å². The van der Waals surface area contributed by atoms with E-state index in [4.69, 9.17) is 13.6 Å². The van der Waals surface area contributed by atoms with Gasteiger partial charge in [0.2, 0.25) is 0 Å². The third-order valence-electron chi connectivity index (χ3n) is 8.64. The van der Waals surface area contributed by atoms with Crippen molar-refractivity contribution in [3.05, 3.63) is 139 Å². The Hall–Kier alpha value is -5.54. The quantitative estimate of drug-likeness (QED) is 0.152. The minimum atomic E-state index is 0.837. The summed E-state index contributed by atoms with van der Waals surface area (Å²) >= 11 is 0. The van der Waals surface area contributed by atoms with Crippen molar-refractivity contribution in [3.63, 3.8) is 0 Å². The number of fused-ring (bicyclic) bond motifs is 8. The van der Waals surface area contributed by atoms with Crippen molar-refractivity contribution < 1.29 is 13.6 Å². The van der Waals surface area contributed by atoms with Gasteiger partial charge in [0.25, 0.3) is 0 Å². The number of methoxy groups -OCH3 is 1. The summed E-state index contributed by atoms with van der Waals surface area (Å²) < 4.78 is 18.3. The van der Waals surface area contributed by atoms with E-state index in [9.17, 15) is 0 Å². The van der Waals surface area contributed by atoms with Gasteiger partial charge in [0.1, 0.15) is 22.3 Å². The molecule has 8 aromatic rings. The lowest BCUT2D eigenvalue weighted by Crippen LogP contribution is -1.86. The smallest absolute Gasteiger partial charge is 0.136 e. The van der Waals surface area contributed by atoms with Gasteiger partial charge in [-0.05, 0) is 112 Å². The second-order valence-electron chi connectivity index (χ2n) is 11.6. The van der Waals surface area contributed by atoms with Crippen molar-refractivity contribution in [2.45, 2.75) is 13.8 Å². The second kappa shape index (κ2) is 10.0.